The number of aliphatic hydroxyl groups is 1. The fourth-order valence-corrected chi connectivity index (χ4v) is 2.35. The maximum absolute atomic E-state index is 12.0. The van der Waals surface area contributed by atoms with Gasteiger partial charge in [0.25, 0.3) is 0 Å². The first kappa shape index (κ1) is 16.6. The van der Waals surface area contributed by atoms with Crippen molar-refractivity contribution in [1.29, 1.82) is 0 Å². The molecule has 1 saturated heterocycles. The molecule has 1 aromatic rings. The molecule has 6 nitrogen and oxygen atoms in total. The highest BCUT2D eigenvalue weighted by atomic mass is 16.6. The van der Waals surface area contributed by atoms with Gasteiger partial charge in [0.15, 0.2) is 0 Å². The summed E-state index contributed by atoms with van der Waals surface area (Å²) < 4.78 is 5.33. The number of nitrogens with one attached hydrogen (secondary N) is 1. The van der Waals surface area contributed by atoms with E-state index in [0.29, 0.717) is 13.1 Å². The van der Waals surface area contributed by atoms with E-state index in [1.165, 1.54) is 4.90 Å². The molecule has 1 heterocycles. The van der Waals surface area contributed by atoms with Crippen molar-refractivity contribution < 1.29 is 14.6 Å². The smallest absolute Gasteiger partial charge is 0.410 e. The van der Waals surface area contributed by atoms with Crippen molar-refractivity contribution in [2.24, 2.45) is 0 Å². The van der Waals surface area contributed by atoms with Crippen LogP contribution in [0.15, 0.2) is 24.3 Å². The van der Waals surface area contributed by atoms with Crippen molar-refractivity contribution in [2.75, 3.05) is 18.8 Å². The number of likely N-dealkylation sites (tertiary alicyclic amines) is 1. The van der Waals surface area contributed by atoms with Gasteiger partial charge in [-0.25, -0.2) is 4.79 Å². The van der Waals surface area contributed by atoms with Crippen molar-refractivity contribution in [1.82, 2.24) is 10.2 Å². The number of nitrogens with zero attached hydrogens (tertiary/aromatic N) is 1. The molecule has 1 aliphatic rings. The third-order valence-electron chi connectivity index (χ3n) is 3.49. The number of hydrogen-bond acceptors (Lipinski definition) is 5. The summed E-state index contributed by atoms with van der Waals surface area (Å²) in [6, 6.07) is 7.40. The molecular weight excluding hydrogens is 282 g/mol. The molecule has 0 unspecified atom stereocenters. The van der Waals surface area contributed by atoms with Gasteiger partial charge in [-0.2, -0.15) is 0 Å². The zero-order chi connectivity index (χ0) is 16.3. The molecule has 0 radical (unpaired) electrons. The highest BCUT2D eigenvalue weighted by Crippen LogP contribution is 2.16. The molecule has 1 fully saturated rings. The Labute approximate surface area is 131 Å². The molecule has 0 aliphatic carbocycles. The van der Waals surface area contributed by atoms with Crippen LogP contribution in [0.25, 0.3) is 0 Å². The quantitative estimate of drug-likeness (QED) is 0.734. The fraction of sp³-hybridized carbons (Fsp3) is 0.562. The van der Waals surface area contributed by atoms with E-state index in [1.54, 1.807) is 0 Å². The molecule has 4 N–H and O–H groups in total. The summed E-state index contributed by atoms with van der Waals surface area (Å²) in [6.07, 6.45) is -0.982. The number of ether oxygens (including phenoxy) is 1. The van der Waals surface area contributed by atoms with Gasteiger partial charge in [0.2, 0.25) is 0 Å². The first-order valence-electron chi connectivity index (χ1n) is 7.48. The summed E-state index contributed by atoms with van der Waals surface area (Å²) >= 11 is 0. The number of aliphatic hydroxyl groups excluding tert-OH is 1. The first-order valence-corrected chi connectivity index (χ1v) is 7.48. The zero-order valence-corrected chi connectivity index (χ0v) is 13.4. The number of β-amino-alcohol motifs (C(OH)–C–C–N with tert-alkyl or cyclic N) is 1. The van der Waals surface area contributed by atoms with Crippen LogP contribution in [-0.4, -0.2) is 46.9 Å². The minimum atomic E-state index is -0.596. The lowest BCUT2D eigenvalue weighted by Crippen LogP contribution is -2.39. The molecule has 0 aromatic heterocycles. The van der Waals surface area contributed by atoms with E-state index < -0.39 is 11.7 Å². The number of rotatable bonds is 3. The topological polar surface area (TPSA) is 87.8 Å². The van der Waals surface area contributed by atoms with Gasteiger partial charge in [0.05, 0.1) is 18.7 Å². The molecule has 6 heteroatoms. The Morgan fingerprint density at radius 2 is 2.00 bits per heavy atom. The van der Waals surface area contributed by atoms with E-state index in [9.17, 15) is 9.90 Å². The zero-order valence-electron chi connectivity index (χ0n) is 13.4. The van der Waals surface area contributed by atoms with Gasteiger partial charge in [-0.3, -0.25) is 0 Å². The number of nitrogens with two attached hydrogens (primary N) is 1. The number of amides is 1. The van der Waals surface area contributed by atoms with Crippen molar-refractivity contribution in [3.63, 3.8) is 0 Å². The van der Waals surface area contributed by atoms with Gasteiger partial charge in [0, 0.05) is 18.8 Å². The van der Waals surface area contributed by atoms with Crippen LogP contribution in [0.4, 0.5) is 10.5 Å². The normalized spacial score (nSPS) is 21.9. The van der Waals surface area contributed by atoms with E-state index in [-0.39, 0.29) is 18.7 Å². The lowest BCUT2D eigenvalue weighted by molar-refractivity contribution is 0.0270. The van der Waals surface area contributed by atoms with Crippen LogP contribution in [0.5, 0.6) is 0 Å². The van der Waals surface area contributed by atoms with Gasteiger partial charge in [-0.15, -0.1) is 0 Å². The van der Waals surface area contributed by atoms with Crippen LogP contribution in [0.2, 0.25) is 0 Å². The monoisotopic (exact) mass is 307 g/mol. The van der Waals surface area contributed by atoms with Crippen LogP contribution in [0.3, 0.4) is 0 Å². The molecule has 1 amide bonds. The summed E-state index contributed by atoms with van der Waals surface area (Å²) in [5, 5.41) is 13.4. The maximum atomic E-state index is 12.0. The van der Waals surface area contributed by atoms with Crippen LogP contribution >= 0.6 is 0 Å². The third kappa shape index (κ3) is 4.61. The van der Waals surface area contributed by atoms with Crippen LogP contribution in [0, 0.1) is 0 Å². The van der Waals surface area contributed by atoms with Gasteiger partial charge < -0.3 is 25.8 Å². The number of nitrogen functional groups attached to an aromatic ring is 1. The molecule has 0 saturated carbocycles. The van der Waals surface area contributed by atoms with Gasteiger partial charge in [0.1, 0.15) is 5.60 Å². The molecule has 22 heavy (non-hydrogen) atoms. The van der Waals surface area contributed by atoms with Crippen LogP contribution in [0.1, 0.15) is 26.3 Å². The maximum Gasteiger partial charge on any atom is 0.410 e. The second kappa shape index (κ2) is 6.54. The molecule has 2 rings (SSSR count). The Morgan fingerprint density at radius 3 is 2.59 bits per heavy atom. The average molecular weight is 307 g/mol. The summed E-state index contributed by atoms with van der Waals surface area (Å²) in [6.45, 7) is 6.82. The Morgan fingerprint density at radius 1 is 1.36 bits per heavy atom. The summed E-state index contributed by atoms with van der Waals surface area (Å²) in [5.41, 5.74) is 6.92. The molecule has 1 aromatic carbocycles. The highest BCUT2D eigenvalue weighted by Gasteiger charge is 2.35. The Balaban J connectivity index is 1.85. The standard InChI is InChI=1S/C16H25N3O3/c1-16(2,3)22-15(21)19-9-13(14(20)10-19)18-8-11-4-6-12(17)7-5-11/h4-7,13-14,18,20H,8-10,17H2,1-3H3/t13-,14-/m1/s1. The Hall–Kier alpha value is -1.79. The van der Waals surface area contributed by atoms with Gasteiger partial charge in [-0.05, 0) is 38.5 Å². The Bertz CT molecular complexity index is 510. The summed E-state index contributed by atoms with van der Waals surface area (Å²) in [7, 11) is 0. The number of carbonyl (C=O) groups excluding carboxylic acids is 1. The third-order valence-corrected chi connectivity index (χ3v) is 3.49. The largest absolute Gasteiger partial charge is 0.444 e. The molecule has 122 valence electrons. The van der Waals surface area contributed by atoms with Gasteiger partial charge >= 0.3 is 6.09 Å². The minimum absolute atomic E-state index is 0.162. The predicted octanol–water partition coefficient (Wildman–Crippen LogP) is 1.34. The second-order valence-electron chi connectivity index (χ2n) is 6.68. The van der Waals surface area contributed by atoms with E-state index in [0.717, 1.165) is 11.3 Å². The number of carbonyl (C=O) groups is 1. The van der Waals surface area contributed by atoms with Crippen molar-refractivity contribution in [3.8, 4) is 0 Å². The van der Waals surface area contributed by atoms with Crippen LogP contribution < -0.4 is 11.1 Å². The van der Waals surface area contributed by atoms with Gasteiger partial charge in [-0.1, -0.05) is 12.1 Å². The van der Waals surface area contributed by atoms with E-state index in [4.69, 9.17) is 10.5 Å². The van der Waals surface area contributed by atoms with Crippen molar-refractivity contribution in [2.45, 2.75) is 45.1 Å². The lowest BCUT2D eigenvalue weighted by Gasteiger charge is -2.24. The van der Waals surface area contributed by atoms with E-state index in [2.05, 4.69) is 5.32 Å². The minimum Gasteiger partial charge on any atom is -0.444 e. The highest BCUT2D eigenvalue weighted by molar-refractivity contribution is 5.68. The molecule has 1 aliphatic heterocycles. The molecule has 2 atom stereocenters. The van der Waals surface area contributed by atoms with E-state index in [1.807, 2.05) is 45.0 Å². The van der Waals surface area contributed by atoms with E-state index >= 15 is 0 Å². The molecule has 0 spiro atoms. The number of hydrogen-bond donors (Lipinski definition) is 3. The van der Waals surface area contributed by atoms with Crippen molar-refractivity contribution >= 4 is 11.8 Å². The number of benzene rings is 1. The second-order valence-corrected chi connectivity index (χ2v) is 6.68. The predicted molar refractivity (Wildman–Crippen MR) is 85.3 cm³/mol. The molecular formula is C16H25N3O3. The summed E-state index contributed by atoms with van der Waals surface area (Å²) in [4.78, 5) is 13.6. The Kier molecular flexibility index (Phi) is 4.93. The fourth-order valence-electron chi connectivity index (χ4n) is 2.35. The first-order chi connectivity index (χ1) is 10.2. The van der Waals surface area contributed by atoms with Crippen molar-refractivity contribution in [3.05, 3.63) is 29.8 Å². The molecule has 0 bridgehead atoms. The number of anilines is 1. The van der Waals surface area contributed by atoms with Crippen LogP contribution in [-0.2, 0) is 11.3 Å². The lowest BCUT2D eigenvalue weighted by atomic mass is 10.1. The summed E-state index contributed by atoms with van der Waals surface area (Å²) in [5.74, 6) is 0. The average Bonchev–Trinajstić information content (AvgIpc) is 2.78. The SMILES string of the molecule is CC(C)(C)OC(=O)N1C[C@@H](O)[C@H](NCc2ccc(N)cc2)C1.